The first-order valence-corrected chi connectivity index (χ1v) is 6.16. The van der Waals surface area contributed by atoms with E-state index in [1.54, 1.807) is 12.1 Å². The van der Waals surface area contributed by atoms with Gasteiger partial charge in [0.15, 0.2) is 0 Å². The lowest BCUT2D eigenvalue weighted by molar-refractivity contribution is -0.151. The monoisotopic (exact) mass is 267 g/mol. The third-order valence-electron chi connectivity index (χ3n) is 3.31. The first-order chi connectivity index (χ1) is 8.49. The number of carboxylic acid groups (broad SMARTS) is 1. The Hall–Kier alpha value is -1.55. The topological polar surface area (TPSA) is 66.4 Å². The fourth-order valence-corrected chi connectivity index (χ4v) is 2.34. The van der Waals surface area contributed by atoms with Crippen LogP contribution in [0.15, 0.2) is 18.2 Å². The van der Waals surface area contributed by atoms with Crippen LogP contribution in [-0.4, -0.2) is 17.0 Å². The lowest BCUT2D eigenvalue weighted by Gasteiger charge is -2.32. The number of rotatable bonds is 3. The molecular formula is C13H14ClNO3. The molecule has 1 aromatic carbocycles. The zero-order chi connectivity index (χ0) is 13.3. The Labute approximate surface area is 110 Å². The minimum absolute atomic E-state index is 0.264. The van der Waals surface area contributed by atoms with Crippen molar-refractivity contribution in [2.24, 2.45) is 11.8 Å². The number of amides is 1. The van der Waals surface area contributed by atoms with Gasteiger partial charge in [-0.05, 0) is 37.5 Å². The fourth-order valence-electron chi connectivity index (χ4n) is 2.06. The smallest absolute Gasteiger partial charge is 0.307 e. The molecule has 1 fully saturated rings. The molecule has 1 aliphatic rings. The number of benzene rings is 1. The average Bonchev–Trinajstić information content (AvgIpc) is 2.19. The van der Waals surface area contributed by atoms with Gasteiger partial charge in [0.25, 0.3) is 0 Å². The van der Waals surface area contributed by atoms with E-state index in [0.717, 1.165) is 5.56 Å². The minimum atomic E-state index is -0.906. The van der Waals surface area contributed by atoms with E-state index in [0.29, 0.717) is 23.6 Å². The Morgan fingerprint density at radius 3 is 2.50 bits per heavy atom. The predicted molar refractivity (Wildman–Crippen MR) is 68.7 cm³/mol. The van der Waals surface area contributed by atoms with Crippen molar-refractivity contribution in [1.29, 1.82) is 0 Å². The molecule has 18 heavy (non-hydrogen) atoms. The van der Waals surface area contributed by atoms with Gasteiger partial charge in [-0.2, -0.15) is 0 Å². The molecule has 0 saturated heterocycles. The number of hydrogen-bond donors (Lipinski definition) is 2. The molecule has 1 aromatic rings. The zero-order valence-corrected chi connectivity index (χ0v) is 10.7. The minimum Gasteiger partial charge on any atom is -0.481 e. The third kappa shape index (κ3) is 2.48. The zero-order valence-electron chi connectivity index (χ0n) is 9.94. The van der Waals surface area contributed by atoms with Crippen LogP contribution >= 0.6 is 11.6 Å². The highest BCUT2D eigenvalue weighted by Gasteiger charge is 2.41. The van der Waals surface area contributed by atoms with Gasteiger partial charge in [-0.25, -0.2) is 0 Å². The number of carbonyl (C=O) groups excluding carboxylic acids is 1. The fraction of sp³-hybridized carbons (Fsp3) is 0.385. The van der Waals surface area contributed by atoms with Crippen LogP contribution in [0.25, 0.3) is 0 Å². The first-order valence-electron chi connectivity index (χ1n) is 5.79. The van der Waals surface area contributed by atoms with Crippen molar-refractivity contribution in [2.75, 3.05) is 5.32 Å². The third-order valence-corrected chi connectivity index (χ3v) is 3.62. The maximum Gasteiger partial charge on any atom is 0.307 e. The summed E-state index contributed by atoms with van der Waals surface area (Å²) in [5, 5.41) is 12.1. The lowest BCUT2D eigenvalue weighted by Crippen LogP contribution is -2.41. The van der Waals surface area contributed by atoms with Crippen LogP contribution in [0.2, 0.25) is 5.02 Å². The second kappa shape index (κ2) is 4.98. The largest absolute Gasteiger partial charge is 0.481 e. The van der Waals surface area contributed by atoms with Crippen LogP contribution < -0.4 is 5.32 Å². The quantitative estimate of drug-likeness (QED) is 0.885. The number of aryl methyl sites for hydroxylation is 1. The molecule has 96 valence electrons. The van der Waals surface area contributed by atoms with Crippen molar-refractivity contribution in [3.05, 3.63) is 28.8 Å². The highest BCUT2D eigenvalue weighted by Crippen LogP contribution is 2.36. The van der Waals surface area contributed by atoms with Crippen LogP contribution in [0.5, 0.6) is 0 Å². The molecule has 2 atom stereocenters. The van der Waals surface area contributed by atoms with E-state index in [1.165, 1.54) is 0 Å². The molecule has 2 rings (SSSR count). The summed E-state index contributed by atoms with van der Waals surface area (Å²) in [6, 6.07) is 5.33. The molecular weight excluding hydrogens is 254 g/mol. The second-order valence-electron chi connectivity index (χ2n) is 4.60. The van der Waals surface area contributed by atoms with Crippen molar-refractivity contribution >= 4 is 29.2 Å². The second-order valence-corrected chi connectivity index (χ2v) is 5.01. The van der Waals surface area contributed by atoms with E-state index in [4.69, 9.17) is 16.7 Å². The number of anilines is 1. The number of nitrogens with one attached hydrogen (secondary N) is 1. The average molecular weight is 268 g/mol. The summed E-state index contributed by atoms with van der Waals surface area (Å²) in [7, 11) is 0. The number of halogens is 1. The van der Waals surface area contributed by atoms with Crippen LogP contribution in [0.3, 0.4) is 0 Å². The standard InChI is InChI=1S/C13H14ClNO3/c1-7-2-5-11(10(14)6-7)15-12(16)8-3-4-9(8)13(17)18/h2,5-6,8-9H,3-4H2,1H3,(H,15,16)(H,17,18). The van der Waals surface area contributed by atoms with E-state index in [2.05, 4.69) is 5.32 Å². The molecule has 1 aliphatic carbocycles. The number of hydrogen-bond acceptors (Lipinski definition) is 2. The molecule has 4 nitrogen and oxygen atoms in total. The SMILES string of the molecule is Cc1ccc(NC(=O)C2CCC2C(=O)O)c(Cl)c1. The van der Waals surface area contributed by atoms with Crippen molar-refractivity contribution in [1.82, 2.24) is 0 Å². The highest BCUT2D eigenvalue weighted by molar-refractivity contribution is 6.33. The Balaban J connectivity index is 2.05. The van der Waals surface area contributed by atoms with Gasteiger partial charge in [0, 0.05) is 0 Å². The normalized spacial score (nSPS) is 22.1. The van der Waals surface area contributed by atoms with Crippen molar-refractivity contribution in [2.45, 2.75) is 19.8 Å². The molecule has 0 aliphatic heterocycles. The van der Waals surface area contributed by atoms with E-state index in [1.807, 2.05) is 13.0 Å². The lowest BCUT2D eigenvalue weighted by atomic mass is 9.73. The number of carboxylic acids is 1. The molecule has 0 spiro atoms. The van der Waals surface area contributed by atoms with Crippen LogP contribution in [0.1, 0.15) is 18.4 Å². The molecule has 5 heteroatoms. The van der Waals surface area contributed by atoms with Crippen LogP contribution in [0.4, 0.5) is 5.69 Å². The summed E-state index contributed by atoms with van der Waals surface area (Å²) < 4.78 is 0. The maximum atomic E-state index is 11.9. The first kappa shape index (κ1) is 12.9. The molecule has 1 saturated carbocycles. The summed E-state index contributed by atoms with van der Waals surface area (Å²) in [6.07, 6.45) is 1.18. The van der Waals surface area contributed by atoms with Gasteiger partial charge in [0.2, 0.25) is 5.91 Å². The Bertz CT molecular complexity index is 501. The van der Waals surface area contributed by atoms with Gasteiger partial charge in [-0.1, -0.05) is 17.7 Å². The highest BCUT2D eigenvalue weighted by atomic mass is 35.5. The summed E-state index contributed by atoms with van der Waals surface area (Å²) in [5.41, 5.74) is 1.54. The number of carbonyl (C=O) groups is 2. The van der Waals surface area contributed by atoms with E-state index in [-0.39, 0.29) is 5.91 Å². The van der Waals surface area contributed by atoms with Crippen molar-refractivity contribution < 1.29 is 14.7 Å². The Morgan fingerprint density at radius 2 is 2.00 bits per heavy atom. The number of aliphatic carboxylic acids is 1. The molecule has 1 amide bonds. The van der Waals surface area contributed by atoms with Gasteiger partial charge in [0.1, 0.15) is 0 Å². The summed E-state index contributed by atoms with van der Waals surface area (Å²) in [5.74, 6) is -2.18. The van der Waals surface area contributed by atoms with Gasteiger partial charge in [0.05, 0.1) is 22.5 Å². The van der Waals surface area contributed by atoms with Gasteiger partial charge < -0.3 is 10.4 Å². The Kier molecular flexibility index (Phi) is 3.57. The Morgan fingerprint density at radius 1 is 1.33 bits per heavy atom. The summed E-state index contributed by atoms with van der Waals surface area (Å²) in [4.78, 5) is 22.8. The molecule has 0 radical (unpaired) electrons. The van der Waals surface area contributed by atoms with Crippen molar-refractivity contribution in [3.63, 3.8) is 0 Å². The van der Waals surface area contributed by atoms with E-state index < -0.39 is 17.8 Å². The van der Waals surface area contributed by atoms with Gasteiger partial charge >= 0.3 is 5.97 Å². The summed E-state index contributed by atoms with van der Waals surface area (Å²) >= 11 is 6.01. The molecule has 0 aromatic heterocycles. The van der Waals surface area contributed by atoms with E-state index in [9.17, 15) is 9.59 Å². The van der Waals surface area contributed by atoms with Crippen LogP contribution in [-0.2, 0) is 9.59 Å². The molecule has 2 N–H and O–H groups in total. The van der Waals surface area contributed by atoms with E-state index >= 15 is 0 Å². The predicted octanol–water partition coefficient (Wildman–Crippen LogP) is 2.70. The molecule has 0 heterocycles. The maximum absolute atomic E-state index is 11.9. The van der Waals surface area contributed by atoms with Gasteiger partial charge in [-0.3, -0.25) is 9.59 Å². The summed E-state index contributed by atoms with van der Waals surface area (Å²) in [6.45, 7) is 1.91. The molecule has 2 unspecified atom stereocenters. The van der Waals surface area contributed by atoms with Crippen molar-refractivity contribution in [3.8, 4) is 0 Å². The molecule has 0 bridgehead atoms. The van der Waals surface area contributed by atoms with Crippen LogP contribution in [0, 0.1) is 18.8 Å². The van der Waals surface area contributed by atoms with Gasteiger partial charge in [-0.15, -0.1) is 0 Å².